The number of benzene rings is 1. The molecular weight excluding hydrogens is 432 g/mol. The smallest absolute Gasteiger partial charge is 0.295 e. The van der Waals surface area contributed by atoms with E-state index in [9.17, 15) is 14.4 Å². The molecule has 1 N–H and O–H groups in total. The fraction of sp³-hybridized carbons (Fsp3) is 0.500. The molecule has 2 amide bonds. The van der Waals surface area contributed by atoms with Crippen molar-refractivity contribution >= 4 is 29.3 Å². The van der Waals surface area contributed by atoms with Gasteiger partial charge in [0.2, 0.25) is 11.8 Å². The van der Waals surface area contributed by atoms with Crippen molar-refractivity contribution in [2.24, 2.45) is 7.05 Å². The number of para-hydroxylation sites is 1. The summed E-state index contributed by atoms with van der Waals surface area (Å²) in [4.78, 5) is 39.6. The number of carbonyl (C=O) groups is 2. The van der Waals surface area contributed by atoms with E-state index in [2.05, 4.69) is 5.32 Å². The van der Waals surface area contributed by atoms with Crippen LogP contribution < -0.4 is 10.9 Å². The normalized spacial score (nSPS) is 17.6. The number of anilines is 1. The molecule has 9 nitrogen and oxygen atoms in total. The van der Waals surface area contributed by atoms with E-state index < -0.39 is 5.79 Å². The summed E-state index contributed by atoms with van der Waals surface area (Å²) in [6.07, 6.45) is 1.34. The number of hydrogen-bond acceptors (Lipinski definition) is 6. The van der Waals surface area contributed by atoms with Gasteiger partial charge < -0.3 is 19.7 Å². The van der Waals surface area contributed by atoms with Crippen molar-refractivity contribution in [3.05, 3.63) is 46.4 Å². The Morgan fingerprint density at radius 3 is 2.41 bits per heavy atom. The predicted octanol–water partition coefficient (Wildman–Crippen LogP) is 1.52. The van der Waals surface area contributed by atoms with Gasteiger partial charge in [-0.1, -0.05) is 18.2 Å². The molecule has 0 atom stereocenters. The summed E-state index contributed by atoms with van der Waals surface area (Å²) in [5.41, 5.74) is 1.35. The maximum absolute atomic E-state index is 12.9. The SMILES string of the molecule is Cc1c(NC(=O)CSCC(=O)N2CCC3(CC2)OCCO3)c(=O)n(-c2ccccc2)n1C. The standard InChI is InChI=1S/C22H28N4O5S/c1-16-20(21(29)26(24(16)2)17-6-4-3-5-7-17)23-18(27)14-32-15-19(28)25-10-8-22(9-11-25)30-12-13-31-22/h3-7H,8-15H2,1-2H3,(H,23,27). The van der Waals surface area contributed by atoms with Crippen LogP contribution in [0.2, 0.25) is 0 Å². The molecule has 0 bridgehead atoms. The molecule has 10 heteroatoms. The Labute approximate surface area is 190 Å². The third-order valence-corrected chi connectivity index (χ3v) is 6.89. The molecule has 2 aromatic rings. The summed E-state index contributed by atoms with van der Waals surface area (Å²) in [6.45, 7) is 4.18. The maximum atomic E-state index is 12.9. The van der Waals surface area contributed by atoms with Crippen molar-refractivity contribution in [2.75, 3.05) is 43.1 Å². The molecule has 1 spiro atoms. The molecule has 0 unspecified atom stereocenters. The zero-order chi connectivity index (χ0) is 22.7. The number of amides is 2. The lowest BCUT2D eigenvalue weighted by molar-refractivity contribution is -0.186. The molecule has 0 saturated carbocycles. The van der Waals surface area contributed by atoms with E-state index in [1.54, 1.807) is 23.6 Å². The van der Waals surface area contributed by atoms with Gasteiger partial charge in [0, 0.05) is 33.0 Å². The van der Waals surface area contributed by atoms with E-state index in [0.29, 0.717) is 44.8 Å². The number of piperidine rings is 1. The summed E-state index contributed by atoms with van der Waals surface area (Å²) >= 11 is 1.24. The van der Waals surface area contributed by atoms with Gasteiger partial charge in [-0.15, -0.1) is 11.8 Å². The Balaban J connectivity index is 1.28. The van der Waals surface area contributed by atoms with Crippen LogP contribution in [0.25, 0.3) is 5.69 Å². The number of carbonyl (C=O) groups excluding carboxylic acids is 2. The molecule has 32 heavy (non-hydrogen) atoms. The second-order valence-electron chi connectivity index (χ2n) is 7.97. The molecule has 1 aromatic heterocycles. The highest BCUT2D eigenvalue weighted by Crippen LogP contribution is 2.31. The van der Waals surface area contributed by atoms with E-state index in [-0.39, 0.29) is 34.6 Å². The lowest BCUT2D eigenvalue weighted by Gasteiger charge is -2.37. The molecule has 0 radical (unpaired) electrons. The van der Waals surface area contributed by atoms with Gasteiger partial charge in [-0.3, -0.25) is 19.1 Å². The summed E-state index contributed by atoms with van der Waals surface area (Å²) < 4.78 is 14.6. The fourth-order valence-electron chi connectivity index (χ4n) is 4.09. The quantitative estimate of drug-likeness (QED) is 0.703. The summed E-state index contributed by atoms with van der Waals surface area (Å²) in [5.74, 6) is -0.514. The second-order valence-corrected chi connectivity index (χ2v) is 8.95. The number of thioether (sulfide) groups is 1. The van der Waals surface area contributed by atoms with E-state index in [0.717, 1.165) is 5.69 Å². The van der Waals surface area contributed by atoms with E-state index in [1.165, 1.54) is 16.4 Å². The second kappa shape index (κ2) is 9.51. The van der Waals surface area contributed by atoms with Crippen LogP contribution in [0.4, 0.5) is 5.69 Å². The van der Waals surface area contributed by atoms with Crippen molar-refractivity contribution in [1.82, 2.24) is 14.3 Å². The Kier molecular flexibility index (Phi) is 6.73. The van der Waals surface area contributed by atoms with Crippen LogP contribution in [-0.4, -0.2) is 69.7 Å². The van der Waals surface area contributed by atoms with Crippen LogP contribution in [0.3, 0.4) is 0 Å². The number of ether oxygens (including phenoxy) is 2. The minimum Gasteiger partial charge on any atom is -0.347 e. The first-order chi connectivity index (χ1) is 15.4. The Bertz CT molecular complexity index is 1030. The van der Waals surface area contributed by atoms with Gasteiger partial charge in [0.05, 0.1) is 36.1 Å². The first-order valence-corrected chi connectivity index (χ1v) is 11.8. The van der Waals surface area contributed by atoms with E-state index >= 15 is 0 Å². The maximum Gasteiger partial charge on any atom is 0.295 e. The highest BCUT2D eigenvalue weighted by Gasteiger charge is 2.40. The molecule has 4 rings (SSSR count). The van der Waals surface area contributed by atoms with Gasteiger partial charge in [-0.05, 0) is 19.1 Å². The number of nitrogens with one attached hydrogen (secondary N) is 1. The lowest BCUT2D eigenvalue weighted by atomic mass is 10.0. The minimum atomic E-state index is -0.510. The molecule has 2 saturated heterocycles. The monoisotopic (exact) mass is 460 g/mol. The molecule has 172 valence electrons. The average molecular weight is 461 g/mol. The largest absolute Gasteiger partial charge is 0.347 e. The molecule has 2 fully saturated rings. The zero-order valence-corrected chi connectivity index (χ0v) is 19.2. The van der Waals surface area contributed by atoms with Crippen LogP contribution >= 0.6 is 11.8 Å². The first kappa shape index (κ1) is 22.6. The van der Waals surface area contributed by atoms with Crippen LogP contribution in [0, 0.1) is 6.92 Å². The zero-order valence-electron chi connectivity index (χ0n) is 18.3. The third kappa shape index (κ3) is 4.62. The summed E-state index contributed by atoms with van der Waals surface area (Å²) in [6, 6.07) is 9.25. The van der Waals surface area contributed by atoms with Crippen LogP contribution in [0.5, 0.6) is 0 Å². The first-order valence-electron chi connectivity index (χ1n) is 10.7. The van der Waals surface area contributed by atoms with Crippen molar-refractivity contribution in [3.8, 4) is 5.69 Å². The Morgan fingerprint density at radius 1 is 1.09 bits per heavy atom. The number of nitrogens with zero attached hydrogens (tertiary/aromatic N) is 3. The lowest BCUT2D eigenvalue weighted by Crippen LogP contribution is -2.47. The molecule has 2 aliphatic rings. The molecule has 1 aromatic carbocycles. The summed E-state index contributed by atoms with van der Waals surface area (Å²) in [7, 11) is 1.78. The summed E-state index contributed by atoms with van der Waals surface area (Å²) in [5, 5.41) is 2.72. The van der Waals surface area contributed by atoms with Crippen LogP contribution in [0.1, 0.15) is 18.5 Å². The van der Waals surface area contributed by atoms with E-state index in [4.69, 9.17) is 9.47 Å². The number of aromatic nitrogens is 2. The molecule has 2 aliphatic heterocycles. The Hall–Kier alpha value is -2.56. The number of hydrogen-bond donors (Lipinski definition) is 1. The minimum absolute atomic E-state index is 0.00188. The molecule has 0 aliphatic carbocycles. The molecular formula is C22H28N4O5S. The van der Waals surface area contributed by atoms with Gasteiger partial charge in [0.25, 0.3) is 5.56 Å². The van der Waals surface area contributed by atoms with Gasteiger partial charge in [0.15, 0.2) is 5.79 Å². The van der Waals surface area contributed by atoms with Gasteiger partial charge in [-0.2, -0.15) is 0 Å². The van der Waals surface area contributed by atoms with Crippen molar-refractivity contribution < 1.29 is 19.1 Å². The Morgan fingerprint density at radius 2 is 1.75 bits per heavy atom. The number of likely N-dealkylation sites (tertiary alicyclic amines) is 1. The average Bonchev–Trinajstić information content (AvgIpc) is 3.33. The van der Waals surface area contributed by atoms with Crippen molar-refractivity contribution in [2.45, 2.75) is 25.6 Å². The van der Waals surface area contributed by atoms with Crippen molar-refractivity contribution in [3.63, 3.8) is 0 Å². The van der Waals surface area contributed by atoms with E-state index in [1.807, 2.05) is 30.3 Å². The van der Waals surface area contributed by atoms with Crippen molar-refractivity contribution in [1.29, 1.82) is 0 Å². The van der Waals surface area contributed by atoms with Crippen LogP contribution in [0.15, 0.2) is 35.1 Å². The highest BCUT2D eigenvalue weighted by molar-refractivity contribution is 8.00. The molecule has 3 heterocycles. The topological polar surface area (TPSA) is 94.8 Å². The highest BCUT2D eigenvalue weighted by atomic mass is 32.2. The number of rotatable bonds is 6. The van der Waals surface area contributed by atoms with Gasteiger partial charge >= 0.3 is 0 Å². The fourth-order valence-corrected chi connectivity index (χ4v) is 4.81. The predicted molar refractivity (Wildman–Crippen MR) is 122 cm³/mol. The van der Waals surface area contributed by atoms with Gasteiger partial charge in [-0.25, -0.2) is 4.68 Å². The van der Waals surface area contributed by atoms with Crippen LogP contribution in [-0.2, 0) is 26.1 Å². The third-order valence-electron chi connectivity index (χ3n) is 5.97. The van der Waals surface area contributed by atoms with Gasteiger partial charge in [0.1, 0.15) is 5.69 Å².